The summed E-state index contributed by atoms with van der Waals surface area (Å²) in [6, 6.07) is 0.921. The molecule has 2 saturated heterocycles. The molecule has 0 spiro atoms. The van der Waals surface area contributed by atoms with Gasteiger partial charge >= 0.3 is 0 Å². The predicted octanol–water partition coefficient (Wildman–Crippen LogP) is 3.03. The third-order valence-corrected chi connectivity index (χ3v) is 6.96. The van der Waals surface area contributed by atoms with Crippen molar-refractivity contribution in [3.63, 3.8) is 0 Å². The molecule has 2 heterocycles. The van der Waals surface area contributed by atoms with Crippen LogP contribution in [0.1, 0.15) is 41.0 Å². The lowest BCUT2D eigenvalue weighted by molar-refractivity contribution is -0.0889. The van der Waals surface area contributed by atoms with E-state index >= 15 is 0 Å². The monoisotopic (exact) mass is 333 g/mol. The molecule has 5 nitrogen and oxygen atoms in total. The highest BCUT2D eigenvalue weighted by molar-refractivity contribution is 7.50. The van der Waals surface area contributed by atoms with E-state index in [1.165, 1.54) is 0 Å². The second-order valence-corrected chi connectivity index (χ2v) is 8.81. The van der Waals surface area contributed by atoms with Crippen LogP contribution in [-0.2, 0) is 18.7 Å². The largest absolute Gasteiger partial charge is 0.385 e. The van der Waals surface area contributed by atoms with Gasteiger partial charge in [0.25, 0.3) is 0 Å². The third-order valence-electron chi connectivity index (χ3n) is 4.35. The van der Waals surface area contributed by atoms with Gasteiger partial charge in [-0.3, -0.25) is 4.67 Å². The Balaban J connectivity index is 2.06. The molecule has 2 fully saturated rings. The molecule has 2 aliphatic rings. The summed E-state index contributed by atoms with van der Waals surface area (Å²) in [6.07, 6.45) is 2.20. The Kier molecular flexibility index (Phi) is 6.64. The number of ether oxygens (including phenoxy) is 3. The van der Waals surface area contributed by atoms with Gasteiger partial charge in [-0.05, 0) is 41.0 Å². The molecule has 130 valence electrons. The summed E-state index contributed by atoms with van der Waals surface area (Å²) in [5, 5.41) is 0. The van der Waals surface area contributed by atoms with Gasteiger partial charge in [0, 0.05) is 32.0 Å². The van der Waals surface area contributed by atoms with Crippen LogP contribution >= 0.6 is 8.30 Å². The lowest BCUT2D eigenvalue weighted by Gasteiger charge is -2.39. The van der Waals surface area contributed by atoms with Crippen LogP contribution in [0.3, 0.4) is 0 Å². The lowest BCUT2D eigenvalue weighted by Crippen LogP contribution is -2.40. The van der Waals surface area contributed by atoms with Crippen molar-refractivity contribution in [2.45, 2.75) is 70.9 Å². The van der Waals surface area contributed by atoms with E-state index in [4.69, 9.17) is 18.7 Å². The minimum Gasteiger partial charge on any atom is -0.385 e. The summed E-state index contributed by atoms with van der Waals surface area (Å²) in [7, 11) is 1.08. The van der Waals surface area contributed by atoms with Crippen LogP contribution in [0.5, 0.6) is 0 Å². The Morgan fingerprint density at radius 1 is 1.27 bits per heavy atom. The number of nitrogens with zero attached hydrogens (tertiary/aromatic N) is 1. The maximum absolute atomic E-state index is 6.62. The van der Waals surface area contributed by atoms with Crippen molar-refractivity contribution in [3.8, 4) is 0 Å². The van der Waals surface area contributed by atoms with Crippen molar-refractivity contribution in [1.29, 1.82) is 0 Å². The molecule has 0 aromatic carbocycles. The molecule has 2 bridgehead atoms. The van der Waals surface area contributed by atoms with Crippen LogP contribution in [0.15, 0.2) is 0 Å². The molecule has 0 radical (unpaired) electrons. The highest BCUT2D eigenvalue weighted by Crippen LogP contribution is 2.51. The van der Waals surface area contributed by atoms with Crippen molar-refractivity contribution >= 4 is 8.30 Å². The molecular weight excluding hydrogens is 301 g/mol. The first-order valence-electron chi connectivity index (χ1n) is 8.36. The lowest BCUT2D eigenvalue weighted by atomic mass is 10.0. The molecule has 0 N–H and O–H groups in total. The van der Waals surface area contributed by atoms with Gasteiger partial charge in [-0.2, -0.15) is 0 Å². The summed E-state index contributed by atoms with van der Waals surface area (Å²) >= 11 is 0. The molecule has 2 rings (SSSR count). The minimum atomic E-state index is -0.677. The molecule has 1 unspecified atom stereocenters. The smallest absolute Gasteiger partial charge is 0.123 e. The predicted molar refractivity (Wildman–Crippen MR) is 89.4 cm³/mol. The number of methoxy groups -OCH3 is 1. The van der Waals surface area contributed by atoms with Crippen molar-refractivity contribution in [2.24, 2.45) is 0 Å². The summed E-state index contributed by atoms with van der Waals surface area (Å²) < 4.78 is 26.1. The number of fused-ring (bicyclic) bond motifs is 2. The fourth-order valence-electron chi connectivity index (χ4n) is 3.36. The zero-order valence-electron chi connectivity index (χ0n) is 14.9. The van der Waals surface area contributed by atoms with E-state index in [9.17, 15) is 0 Å². The molecule has 0 aliphatic carbocycles. The van der Waals surface area contributed by atoms with E-state index in [0.29, 0.717) is 25.3 Å². The molecule has 22 heavy (non-hydrogen) atoms. The molecule has 0 amide bonds. The molecular formula is C16H32NO4P. The third kappa shape index (κ3) is 4.00. The van der Waals surface area contributed by atoms with Crippen molar-refractivity contribution < 1.29 is 18.7 Å². The van der Waals surface area contributed by atoms with Gasteiger partial charge in [-0.15, -0.1) is 0 Å². The van der Waals surface area contributed by atoms with E-state index in [2.05, 4.69) is 39.3 Å². The topological polar surface area (TPSA) is 40.2 Å². The van der Waals surface area contributed by atoms with Crippen LogP contribution in [0.4, 0.5) is 0 Å². The molecule has 0 saturated carbocycles. The summed E-state index contributed by atoms with van der Waals surface area (Å²) in [4.78, 5) is 0. The minimum absolute atomic E-state index is 0.0566. The van der Waals surface area contributed by atoms with Gasteiger partial charge < -0.3 is 18.7 Å². The van der Waals surface area contributed by atoms with E-state index in [1.54, 1.807) is 7.11 Å². The Hall–Kier alpha value is 0.230. The summed E-state index contributed by atoms with van der Waals surface area (Å²) in [5.74, 6) is 0. The molecule has 0 aromatic rings. The molecule has 0 aromatic heterocycles. The van der Waals surface area contributed by atoms with Crippen LogP contribution in [0.25, 0.3) is 0 Å². The Morgan fingerprint density at radius 2 is 1.95 bits per heavy atom. The highest BCUT2D eigenvalue weighted by atomic mass is 31.2. The first kappa shape index (κ1) is 18.6. The van der Waals surface area contributed by atoms with Gasteiger partial charge in [-0.25, -0.2) is 0 Å². The zero-order chi connectivity index (χ0) is 16.3. The summed E-state index contributed by atoms with van der Waals surface area (Å²) in [6.45, 7) is 13.2. The Bertz CT molecular complexity index is 337. The SMILES string of the molecule is COCCCP(O[C@H]1[C@@H]2CO[C@@]1(C)CO2)N(C(C)C)C(C)C. The first-order valence-corrected chi connectivity index (χ1v) is 9.76. The van der Waals surface area contributed by atoms with Crippen LogP contribution in [0.2, 0.25) is 0 Å². The van der Waals surface area contributed by atoms with E-state index in [1.807, 2.05) is 0 Å². The van der Waals surface area contributed by atoms with Gasteiger partial charge in [0.15, 0.2) is 0 Å². The van der Waals surface area contributed by atoms with Crippen LogP contribution in [-0.4, -0.2) is 67.7 Å². The first-order chi connectivity index (χ1) is 10.4. The Labute approximate surface area is 136 Å². The van der Waals surface area contributed by atoms with Gasteiger partial charge in [0.05, 0.1) is 13.2 Å². The Morgan fingerprint density at radius 3 is 2.36 bits per heavy atom. The van der Waals surface area contributed by atoms with Crippen molar-refractivity contribution in [1.82, 2.24) is 4.67 Å². The number of rotatable bonds is 9. The van der Waals surface area contributed by atoms with Crippen LogP contribution < -0.4 is 0 Å². The maximum Gasteiger partial charge on any atom is 0.123 e. The fraction of sp³-hybridized carbons (Fsp3) is 1.00. The van der Waals surface area contributed by atoms with E-state index < -0.39 is 8.30 Å². The van der Waals surface area contributed by atoms with Gasteiger partial charge in [0.2, 0.25) is 0 Å². The average molecular weight is 333 g/mol. The maximum atomic E-state index is 6.62. The van der Waals surface area contributed by atoms with Crippen molar-refractivity contribution in [2.75, 3.05) is 33.1 Å². The molecule has 6 heteroatoms. The van der Waals surface area contributed by atoms with Crippen molar-refractivity contribution in [3.05, 3.63) is 0 Å². The quantitative estimate of drug-likeness (QED) is 0.479. The second kappa shape index (κ2) is 7.87. The summed E-state index contributed by atoms with van der Waals surface area (Å²) in [5.41, 5.74) is -0.272. The number of hydrogen-bond acceptors (Lipinski definition) is 5. The van der Waals surface area contributed by atoms with Gasteiger partial charge in [0.1, 0.15) is 26.1 Å². The second-order valence-electron chi connectivity index (χ2n) is 6.99. The van der Waals surface area contributed by atoms with Crippen LogP contribution in [0, 0.1) is 0 Å². The zero-order valence-corrected chi connectivity index (χ0v) is 15.8. The van der Waals surface area contributed by atoms with E-state index in [-0.39, 0.29) is 17.8 Å². The average Bonchev–Trinajstić information content (AvgIpc) is 2.90. The van der Waals surface area contributed by atoms with Gasteiger partial charge in [-0.1, -0.05) is 0 Å². The standard InChI is InChI=1S/C16H32NO4P/c1-12(2)17(13(3)4)22(9-7-8-18-6)21-15-14-10-20-16(15,5)11-19-14/h12-15H,7-11H2,1-6H3/t14-,15-,16-,22?/m0/s1. The highest BCUT2D eigenvalue weighted by Gasteiger charge is 2.55. The molecule has 2 aliphatic heterocycles. The fourth-order valence-corrected chi connectivity index (χ4v) is 5.85. The molecule has 4 atom stereocenters. The van der Waals surface area contributed by atoms with E-state index in [0.717, 1.165) is 19.2 Å². The normalized spacial score (nSPS) is 32.6. The number of hydrogen-bond donors (Lipinski definition) is 0.